The molecule has 3 aromatic carbocycles. The standard InChI is InChI=1S/C27H25ClN2O3S/c1-3-33-25-22(28)14-21(15-23(25)32-2)16-24-26(31)30(18-20-12-8-5-9-13-20)27(34-24)29-17-19-10-6-4-7-11-19/h4-16H,3,17-18H2,1-2H3/b24-16+,29-27?. The first-order valence-corrected chi connectivity index (χ1v) is 12.1. The van der Waals surface area contributed by atoms with E-state index in [1.807, 2.05) is 79.7 Å². The van der Waals surface area contributed by atoms with Gasteiger partial charge in [0.15, 0.2) is 16.7 Å². The molecule has 0 saturated carbocycles. The molecule has 1 heterocycles. The van der Waals surface area contributed by atoms with E-state index in [1.165, 1.54) is 11.8 Å². The second-order valence-electron chi connectivity index (χ2n) is 7.54. The summed E-state index contributed by atoms with van der Waals surface area (Å²) in [6, 6.07) is 23.5. The van der Waals surface area contributed by atoms with Crippen LogP contribution in [0, 0.1) is 0 Å². The fourth-order valence-electron chi connectivity index (χ4n) is 3.53. The average Bonchev–Trinajstić information content (AvgIpc) is 3.14. The number of carbonyl (C=O) groups is 1. The molecule has 4 rings (SSSR count). The Bertz CT molecular complexity index is 1210. The lowest BCUT2D eigenvalue weighted by molar-refractivity contribution is -0.122. The van der Waals surface area contributed by atoms with E-state index in [4.69, 9.17) is 26.1 Å². The minimum absolute atomic E-state index is 0.0929. The number of hydrogen-bond donors (Lipinski definition) is 0. The van der Waals surface area contributed by atoms with Gasteiger partial charge in [-0.1, -0.05) is 72.3 Å². The van der Waals surface area contributed by atoms with Gasteiger partial charge in [-0.3, -0.25) is 14.7 Å². The molecular formula is C27H25ClN2O3S. The summed E-state index contributed by atoms with van der Waals surface area (Å²) >= 11 is 7.80. The number of thioether (sulfide) groups is 1. The molecule has 174 valence electrons. The predicted octanol–water partition coefficient (Wildman–Crippen LogP) is 6.42. The molecule has 0 aliphatic carbocycles. The van der Waals surface area contributed by atoms with Gasteiger partial charge in [0.2, 0.25) is 0 Å². The van der Waals surface area contributed by atoms with Crippen LogP contribution in [0.3, 0.4) is 0 Å². The Balaban J connectivity index is 1.66. The number of methoxy groups -OCH3 is 1. The van der Waals surface area contributed by atoms with Gasteiger partial charge in [0.25, 0.3) is 5.91 Å². The maximum absolute atomic E-state index is 13.4. The maximum atomic E-state index is 13.4. The van der Waals surface area contributed by atoms with Gasteiger partial charge in [-0.2, -0.15) is 0 Å². The fourth-order valence-corrected chi connectivity index (χ4v) is 4.78. The monoisotopic (exact) mass is 492 g/mol. The summed E-state index contributed by atoms with van der Waals surface area (Å²) in [7, 11) is 1.57. The van der Waals surface area contributed by atoms with Crippen LogP contribution in [-0.2, 0) is 17.9 Å². The van der Waals surface area contributed by atoms with Crippen molar-refractivity contribution < 1.29 is 14.3 Å². The highest BCUT2D eigenvalue weighted by Gasteiger charge is 2.33. The molecule has 1 amide bonds. The summed E-state index contributed by atoms with van der Waals surface area (Å²) in [5.74, 6) is 0.926. The van der Waals surface area contributed by atoms with Crippen molar-refractivity contribution in [3.8, 4) is 11.5 Å². The highest BCUT2D eigenvalue weighted by molar-refractivity contribution is 8.18. The zero-order valence-corrected chi connectivity index (χ0v) is 20.6. The number of rotatable bonds is 8. The highest BCUT2D eigenvalue weighted by Crippen LogP contribution is 2.39. The Hall–Kier alpha value is -3.22. The van der Waals surface area contributed by atoms with E-state index in [9.17, 15) is 4.79 Å². The number of nitrogens with zero attached hydrogens (tertiary/aromatic N) is 2. The van der Waals surface area contributed by atoms with Gasteiger partial charge < -0.3 is 9.47 Å². The number of aliphatic imine (C=N–C) groups is 1. The van der Waals surface area contributed by atoms with E-state index in [2.05, 4.69) is 0 Å². The maximum Gasteiger partial charge on any atom is 0.267 e. The van der Waals surface area contributed by atoms with E-state index >= 15 is 0 Å². The van der Waals surface area contributed by atoms with Crippen LogP contribution < -0.4 is 9.47 Å². The van der Waals surface area contributed by atoms with Gasteiger partial charge >= 0.3 is 0 Å². The smallest absolute Gasteiger partial charge is 0.267 e. The predicted molar refractivity (Wildman–Crippen MR) is 139 cm³/mol. The van der Waals surface area contributed by atoms with E-state index < -0.39 is 0 Å². The van der Waals surface area contributed by atoms with Crippen LogP contribution in [0.2, 0.25) is 5.02 Å². The van der Waals surface area contributed by atoms with Gasteiger partial charge in [-0.15, -0.1) is 0 Å². The average molecular weight is 493 g/mol. The van der Waals surface area contributed by atoms with Crippen molar-refractivity contribution in [2.45, 2.75) is 20.0 Å². The van der Waals surface area contributed by atoms with Crippen LogP contribution in [0.5, 0.6) is 11.5 Å². The Morgan fingerprint density at radius 3 is 2.35 bits per heavy atom. The minimum Gasteiger partial charge on any atom is -0.493 e. The summed E-state index contributed by atoms with van der Waals surface area (Å²) in [5, 5.41) is 1.11. The number of ether oxygens (including phenoxy) is 2. The van der Waals surface area contributed by atoms with Crippen molar-refractivity contribution in [1.82, 2.24) is 4.90 Å². The summed E-state index contributed by atoms with van der Waals surface area (Å²) in [6.45, 7) is 3.31. The van der Waals surface area contributed by atoms with Crippen molar-refractivity contribution in [3.05, 3.63) is 99.4 Å². The summed E-state index contributed by atoms with van der Waals surface area (Å²) in [6.07, 6.45) is 1.82. The molecule has 0 N–H and O–H groups in total. The summed E-state index contributed by atoms with van der Waals surface area (Å²) in [4.78, 5) is 20.5. The Morgan fingerprint density at radius 2 is 1.71 bits per heavy atom. The number of amides is 1. The molecule has 1 aliphatic rings. The lowest BCUT2D eigenvalue weighted by atomic mass is 10.1. The van der Waals surface area contributed by atoms with Crippen molar-refractivity contribution in [3.63, 3.8) is 0 Å². The first kappa shape index (κ1) is 23.9. The third-order valence-corrected chi connectivity index (χ3v) is 6.47. The molecule has 1 saturated heterocycles. The molecule has 34 heavy (non-hydrogen) atoms. The zero-order chi connectivity index (χ0) is 23.9. The van der Waals surface area contributed by atoms with E-state index in [1.54, 1.807) is 18.1 Å². The highest BCUT2D eigenvalue weighted by atomic mass is 35.5. The lowest BCUT2D eigenvalue weighted by Crippen LogP contribution is -2.28. The molecule has 7 heteroatoms. The van der Waals surface area contributed by atoms with Crippen LogP contribution in [-0.4, -0.2) is 29.7 Å². The van der Waals surface area contributed by atoms with Crippen molar-refractivity contribution in [2.24, 2.45) is 4.99 Å². The summed E-state index contributed by atoms with van der Waals surface area (Å²) in [5.41, 5.74) is 2.88. The SMILES string of the molecule is CCOc1c(Cl)cc(/C=C2/SC(=NCc3ccccc3)N(Cc3ccccc3)C2=O)cc1OC. The molecule has 0 radical (unpaired) electrons. The zero-order valence-electron chi connectivity index (χ0n) is 19.0. The molecular weight excluding hydrogens is 468 g/mol. The molecule has 0 spiro atoms. The topological polar surface area (TPSA) is 51.1 Å². The quantitative estimate of drug-likeness (QED) is 0.340. The first-order valence-electron chi connectivity index (χ1n) is 10.9. The third kappa shape index (κ3) is 5.64. The van der Waals surface area contributed by atoms with Crippen molar-refractivity contribution in [2.75, 3.05) is 13.7 Å². The van der Waals surface area contributed by atoms with Crippen molar-refractivity contribution in [1.29, 1.82) is 0 Å². The van der Waals surface area contributed by atoms with E-state index in [-0.39, 0.29) is 5.91 Å². The van der Waals surface area contributed by atoms with Crippen LogP contribution in [0.25, 0.3) is 6.08 Å². The lowest BCUT2D eigenvalue weighted by Gasteiger charge is -2.15. The molecule has 0 aromatic heterocycles. The summed E-state index contributed by atoms with van der Waals surface area (Å²) < 4.78 is 11.1. The second-order valence-corrected chi connectivity index (χ2v) is 8.96. The van der Waals surface area contributed by atoms with E-state index in [0.29, 0.717) is 46.3 Å². The Morgan fingerprint density at radius 1 is 1.03 bits per heavy atom. The van der Waals surface area contributed by atoms with Gasteiger partial charge in [0.05, 0.1) is 36.7 Å². The normalized spacial score (nSPS) is 15.9. The third-order valence-electron chi connectivity index (χ3n) is 5.15. The number of benzene rings is 3. The Labute approximate surface area is 209 Å². The van der Waals surface area contributed by atoms with Gasteiger partial charge in [-0.05, 0) is 53.6 Å². The molecule has 0 unspecified atom stereocenters. The van der Waals surface area contributed by atoms with Crippen molar-refractivity contribution >= 4 is 40.5 Å². The number of hydrogen-bond acceptors (Lipinski definition) is 5. The molecule has 3 aromatic rings. The first-order chi connectivity index (χ1) is 16.6. The largest absolute Gasteiger partial charge is 0.493 e. The fraction of sp³-hybridized carbons (Fsp3) is 0.185. The van der Waals surface area contributed by atoms with Gasteiger partial charge in [-0.25, -0.2) is 0 Å². The van der Waals surface area contributed by atoms with Crippen LogP contribution in [0.1, 0.15) is 23.6 Å². The molecule has 0 atom stereocenters. The molecule has 1 aliphatic heterocycles. The molecule has 1 fully saturated rings. The van der Waals surface area contributed by atoms with Crippen LogP contribution >= 0.6 is 23.4 Å². The number of amidine groups is 1. The van der Waals surface area contributed by atoms with Gasteiger partial charge in [0.1, 0.15) is 0 Å². The number of halogens is 1. The molecule has 5 nitrogen and oxygen atoms in total. The molecule has 0 bridgehead atoms. The Kier molecular flexibility index (Phi) is 7.93. The van der Waals surface area contributed by atoms with E-state index in [0.717, 1.165) is 16.7 Å². The van der Waals surface area contributed by atoms with Gasteiger partial charge in [0, 0.05) is 0 Å². The van der Waals surface area contributed by atoms with Crippen LogP contribution in [0.4, 0.5) is 0 Å². The second kappa shape index (κ2) is 11.3. The minimum atomic E-state index is -0.0929. The number of carbonyl (C=O) groups excluding carboxylic acids is 1. The van der Waals surface area contributed by atoms with Crippen LogP contribution in [0.15, 0.2) is 82.7 Å².